The van der Waals surface area contributed by atoms with E-state index in [9.17, 15) is 41.0 Å². The first kappa shape index (κ1) is 35.2. The van der Waals surface area contributed by atoms with E-state index in [2.05, 4.69) is 21.5 Å². The highest BCUT2D eigenvalue weighted by Crippen LogP contribution is 2.44. The van der Waals surface area contributed by atoms with Crippen molar-refractivity contribution in [2.75, 3.05) is 26.4 Å². The zero-order valence-electron chi connectivity index (χ0n) is 25.9. The normalized spacial score (nSPS) is 27.0. The second kappa shape index (κ2) is 15.0. The molecule has 5 rings (SSSR count). The lowest BCUT2D eigenvalue weighted by molar-refractivity contribution is -0.167. The Balaban J connectivity index is 1.25. The molecule has 2 aromatic carbocycles. The molecular formula is C32H40N4O10S. The van der Waals surface area contributed by atoms with Crippen molar-refractivity contribution in [3.05, 3.63) is 53.1 Å². The van der Waals surface area contributed by atoms with Gasteiger partial charge in [-0.2, -0.15) is 10.2 Å². The second-order valence-electron chi connectivity index (χ2n) is 11.9. The van der Waals surface area contributed by atoms with Crippen LogP contribution in [-0.2, 0) is 11.2 Å². The van der Waals surface area contributed by atoms with Crippen molar-refractivity contribution in [2.45, 2.75) is 79.5 Å². The van der Waals surface area contributed by atoms with Crippen molar-refractivity contribution in [3.8, 4) is 34.7 Å². The standard InChI is InChI=1S/C32H40N4O10S/c1-16(2)45-24-9-6-17(12-18(24)13-33)31-35-30(36-46-31)21-5-3-4-20-19(21)7-8-22(20)34-10-11-44-32(15-38)29(43)27(42)26(41)28(47-32)25(40)23(39)14-37/h3-6,9,12,16,22-23,25-29,34,37-43H,7-8,10-11,14-15H2,1-2H3/t22-,23-,25?,26+,27+,28-,29-,32+/m0/s1. The fourth-order valence-corrected chi connectivity index (χ4v) is 7.58. The van der Waals surface area contributed by atoms with Gasteiger partial charge in [-0.25, -0.2) is 0 Å². The number of fused-ring (bicyclic) bond motifs is 1. The molecule has 8 N–H and O–H groups in total. The highest BCUT2D eigenvalue weighted by molar-refractivity contribution is 8.01. The highest BCUT2D eigenvalue weighted by Gasteiger charge is 2.56. The Morgan fingerprint density at radius 2 is 1.94 bits per heavy atom. The van der Waals surface area contributed by atoms with E-state index < -0.39 is 53.9 Å². The first-order valence-electron chi connectivity index (χ1n) is 15.4. The molecule has 47 heavy (non-hydrogen) atoms. The molecule has 1 saturated heterocycles. The quantitative estimate of drug-likeness (QED) is 0.114. The Bertz CT molecular complexity index is 1560. The topological polar surface area (TPSA) is 235 Å². The van der Waals surface area contributed by atoms with Gasteiger partial charge < -0.3 is 55.1 Å². The number of benzene rings is 2. The third kappa shape index (κ3) is 7.18. The number of aliphatic hydroxyl groups is 7. The molecule has 254 valence electrons. The minimum atomic E-state index is -1.80. The van der Waals surface area contributed by atoms with Gasteiger partial charge in [-0.05, 0) is 56.0 Å². The van der Waals surface area contributed by atoms with Gasteiger partial charge >= 0.3 is 0 Å². The SMILES string of the molecule is CC(C)Oc1ccc(-c2nc(-c3cccc4c3CC[C@@H]4NCCO[C@]3(CO)S[C@@H](C(O)[C@@H](O)CO)[C@H](O)[C@@H](O)[C@@H]3O)no2)cc1C#N. The Labute approximate surface area is 275 Å². The molecule has 1 aliphatic carbocycles. The summed E-state index contributed by atoms with van der Waals surface area (Å²) < 4.78 is 17.2. The molecule has 14 nitrogen and oxygen atoms in total. The molecule has 0 bridgehead atoms. The monoisotopic (exact) mass is 672 g/mol. The van der Waals surface area contributed by atoms with Crippen molar-refractivity contribution in [3.63, 3.8) is 0 Å². The maximum absolute atomic E-state index is 10.7. The van der Waals surface area contributed by atoms with Gasteiger partial charge in [0.25, 0.3) is 5.89 Å². The van der Waals surface area contributed by atoms with Gasteiger partial charge in [0, 0.05) is 23.7 Å². The average Bonchev–Trinajstić information content (AvgIpc) is 3.74. The molecule has 0 saturated carbocycles. The fourth-order valence-electron chi connectivity index (χ4n) is 6.00. The van der Waals surface area contributed by atoms with E-state index >= 15 is 0 Å². The van der Waals surface area contributed by atoms with E-state index in [1.807, 2.05) is 32.0 Å². The summed E-state index contributed by atoms with van der Waals surface area (Å²) in [5.74, 6) is 1.17. The van der Waals surface area contributed by atoms with Crippen LogP contribution in [0.15, 0.2) is 40.9 Å². The van der Waals surface area contributed by atoms with Gasteiger partial charge in [-0.15, -0.1) is 11.8 Å². The van der Waals surface area contributed by atoms with Crippen molar-refractivity contribution in [2.24, 2.45) is 0 Å². The second-order valence-corrected chi connectivity index (χ2v) is 13.4. The Kier molecular flexibility index (Phi) is 11.2. The van der Waals surface area contributed by atoms with Crippen LogP contribution in [0.3, 0.4) is 0 Å². The van der Waals surface area contributed by atoms with Gasteiger partial charge in [0.2, 0.25) is 5.82 Å². The molecular weight excluding hydrogens is 632 g/mol. The minimum Gasteiger partial charge on any atom is -0.490 e. The third-order valence-corrected chi connectivity index (χ3v) is 10.1. The molecule has 3 aromatic rings. The summed E-state index contributed by atoms with van der Waals surface area (Å²) in [5.41, 5.74) is 3.87. The molecule has 1 aliphatic heterocycles. The molecule has 15 heteroatoms. The predicted molar refractivity (Wildman–Crippen MR) is 169 cm³/mol. The van der Waals surface area contributed by atoms with Crippen LogP contribution in [0.5, 0.6) is 5.75 Å². The number of ether oxygens (including phenoxy) is 2. The Hall–Kier alpha value is -3.14. The van der Waals surface area contributed by atoms with Crippen LogP contribution in [0.4, 0.5) is 0 Å². The average molecular weight is 673 g/mol. The van der Waals surface area contributed by atoms with Crippen LogP contribution in [0.1, 0.15) is 43.0 Å². The summed E-state index contributed by atoms with van der Waals surface area (Å²) in [6.45, 7) is 2.51. The summed E-state index contributed by atoms with van der Waals surface area (Å²) in [6.07, 6.45) is -6.97. The van der Waals surface area contributed by atoms with E-state index in [4.69, 9.17) is 14.0 Å². The third-order valence-electron chi connectivity index (χ3n) is 8.42. The van der Waals surface area contributed by atoms with Crippen molar-refractivity contribution < 1.29 is 49.7 Å². The summed E-state index contributed by atoms with van der Waals surface area (Å²) in [6, 6.07) is 13.1. The van der Waals surface area contributed by atoms with E-state index in [1.54, 1.807) is 18.2 Å². The summed E-state index contributed by atoms with van der Waals surface area (Å²) in [5, 5.41) is 87.3. The number of aromatic nitrogens is 2. The van der Waals surface area contributed by atoms with Gasteiger partial charge in [-0.1, -0.05) is 23.4 Å². The summed E-state index contributed by atoms with van der Waals surface area (Å²) in [4.78, 5) is 2.82. The molecule has 0 amide bonds. The molecule has 2 heterocycles. The summed E-state index contributed by atoms with van der Waals surface area (Å²) in [7, 11) is 0. The maximum Gasteiger partial charge on any atom is 0.258 e. The van der Waals surface area contributed by atoms with Gasteiger partial charge in [0.1, 0.15) is 30.1 Å². The van der Waals surface area contributed by atoms with Crippen LogP contribution in [0.25, 0.3) is 22.8 Å². The number of thioether (sulfide) groups is 1. The van der Waals surface area contributed by atoms with Crippen LogP contribution in [-0.4, -0.2) is 119 Å². The predicted octanol–water partition coefficient (Wildman–Crippen LogP) is 0.257. The fraction of sp³-hybridized carbons (Fsp3) is 0.531. The minimum absolute atomic E-state index is 0.00971. The maximum atomic E-state index is 10.7. The highest BCUT2D eigenvalue weighted by atomic mass is 32.2. The molecule has 8 atom stereocenters. The number of nitrogens with one attached hydrogen (secondary N) is 1. The van der Waals surface area contributed by atoms with Crippen molar-refractivity contribution in [1.82, 2.24) is 15.5 Å². The largest absolute Gasteiger partial charge is 0.490 e. The van der Waals surface area contributed by atoms with Gasteiger partial charge in [-0.3, -0.25) is 0 Å². The number of nitrogens with zero attached hydrogens (tertiary/aromatic N) is 3. The van der Waals surface area contributed by atoms with Crippen molar-refractivity contribution >= 4 is 11.8 Å². The Morgan fingerprint density at radius 3 is 2.64 bits per heavy atom. The van der Waals surface area contributed by atoms with Gasteiger partial charge in [0.15, 0.2) is 4.93 Å². The molecule has 1 aromatic heterocycles. The Morgan fingerprint density at radius 1 is 1.15 bits per heavy atom. The summed E-state index contributed by atoms with van der Waals surface area (Å²) >= 11 is 0.701. The molecule has 0 spiro atoms. The van der Waals surface area contributed by atoms with Crippen molar-refractivity contribution in [1.29, 1.82) is 5.26 Å². The van der Waals surface area contributed by atoms with E-state index in [0.29, 0.717) is 41.0 Å². The lowest BCUT2D eigenvalue weighted by Crippen LogP contribution is -2.65. The molecule has 1 unspecified atom stereocenters. The lowest BCUT2D eigenvalue weighted by atomic mass is 9.95. The number of aliphatic hydroxyl groups excluding tert-OH is 7. The van der Waals surface area contributed by atoms with Crippen LogP contribution in [0, 0.1) is 11.3 Å². The first-order chi connectivity index (χ1) is 22.5. The molecule has 0 radical (unpaired) electrons. The van der Waals surface area contributed by atoms with Crippen LogP contribution >= 0.6 is 11.8 Å². The smallest absolute Gasteiger partial charge is 0.258 e. The van der Waals surface area contributed by atoms with Crippen LogP contribution in [0.2, 0.25) is 0 Å². The number of rotatable bonds is 13. The first-order valence-corrected chi connectivity index (χ1v) is 16.3. The van der Waals surface area contributed by atoms with E-state index in [-0.39, 0.29) is 24.6 Å². The van der Waals surface area contributed by atoms with E-state index in [1.165, 1.54) is 0 Å². The van der Waals surface area contributed by atoms with Crippen LogP contribution < -0.4 is 10.1 Å². The molecule has 1 fully saturated rings. The lowest BCUT2D eigenvalue weighted by Gasteiger charge is -2.48. The number of hydrogen-bond acceptors (Lipinski definition) is 15. The van der Waals surface area contributed by atoms with Gasteiger partial charge in [0.05, 0.1) is 48.9 Å². The number of nitriles is 1. The zero-order chi connectivity index (χ0) is 33.9. The number of hydrogen-bond donors (Lipinski definition) is 8. The van der Waals surface area contributed by atoms with E-state index in [0.717, 1.165) is 29.5 Å². The molecule has 2 aliphatic rings. The zero-order valence-corrected chi connectivity index (χ0v) is 26.7.